The van der Waals surface area contributed by atoms with Crippen LogP contribution in [0.3, 0.4) is 0 Å². The molecule has 0 bridgehead atoms. The van der Waals surface area contributed by atoms with E-state index in [9.17, 15) is 14.7 Å². The Hall–Kier alpha value is -3.92. The molecule has 9 heteroatoms. The van der Waals surface area contributed by atoms with Crippen molar-refractivity contribution >= 4 is 17.7 Å². The van der Waals surface area contributed by atoms with E-state index >= 15 is 0 Å². The molecule has 2 aliphatic rings. The van der Waals surface area contributed by atoms with Crippen molar-refractivity contribution in [1.29, 1.82) is 0 Å². The molecule has 0 aliphatic carbocycles. The quantitative estimate of drug-likeness (QED) is 0.176. The average molecular weight is 631 g/mol. The number of methoxy groups -OCH3 is 1. The van der Waals surface area contributed by atoms with Gasteiger partial charge < -0.3 is 34.3 Å². The summed E-state index contributed by atoms with van der Waals surface area (Å²) in [5.41, 5.74) is 6.44. The lowest BCUT2D eigenvalue weighted by Crippen LogP contribution is -2.46. The van der Waals surface area contributed by atoms with Crippen LogP contribution in [0.1, 0.15) is 71.9 Å². The third-order valence-electron chi connectivity index (χ3n) is 8.91. The maximum absolute atomic E-state index is 12.1. The summed E-state index contributed by atoms with van der Waals surface area (Å²) in [6.45, 7) is 5.19. The summed E-state index contributed by atoms with van der Waals surface area (Å²) in [4.78, 5) is 25.5. The minimum Gasteiger partial charge on any atom is -0.494 e. The summed E-state index contributed by atoms with van der Waals surface area (Å²) < 4.78 is 24.0. The van der Waals surface area contributed by atoms with Crippen molar-refractivity contribution in [3.05, 3.63) is 94.5 Å². The zero-order chi connectivity index (χ0) is 32.3. The number of hydrogen-bond donors (Lipinski definition) is 2. The molecule has 2 heterocycles. The van der Waals surface area contributed by atoms with Gasteiger partial charge in [-0.3, -0.25) is 4.79 Å². The number of rotatable bonds is 15. The maximum Gasteiger partial charge on any atom is 0.407 e. The highest BCUT2D eigenvalue weighted by atomic mass is 16.5. The SMILES string of the molecule is COCCCC(OC1CN(C(=O)O)CCC1c1ccc(OCCCOCc2ccccc2C)cc1)c1ccc2c(c1)NC(=O)CC2. The van der Waals surface area contributed by atoms with Gasteiger partial charge in [-0.25, -0.2) is 4.79 Å². The molecule has 246 valence electrons. The second kappa shape index (κ2) is 16.6. The fourth-order valence-electron chi connectivity index (χ4n) is 6.25. The van der Waals surface area contributed by atoms with Gasteiger partial charge in [0.1, 0.15) is 5.75 Å². The van der Waals surface area contributed by atoms with E-state index in [4.69, 9.17) is 18.9 Å². The number of piperidine rings is 1. The molecule has 1 saturated heterocycles. The van der Waals surface area contributed by atoms with E-state index < -0.39 is 6.09 Å². The van der Waals surface area contributed by atoms with Crippen LogP contribution in [-0.2, 0) is 32.0 Å². The normalized spacial score (nSPS) is 18.5. The number of likely N-dealkylation sites (tertiary alicyclic amines) is 1. The molecule has 2 N–H and O–H groups in total. The van der Waals surface area contributed by atoms with Gasteiger partial charge in [0.05, 0.1) is 38.6 Å². The first-order valence-electron chi connectivity index (χ1n) is 16.3. The number of aryl methyl sites for hydroxylation is 2. The van der Waals surface area contributed by atoms with Crippen molar-refractivity contribution in [3.8, 4) is 5.75 Å². The van der Waals surface area contributed by atoms with Crippen molar-refractivity contribution < 1.29 is 33.6 Å². The molecule has 3 aromatic rings. The third-order valence-corrected chi connectivity index (χ3v) is 8.91. The Morgan fingerprint density at radius 2 is 1.85 bits per heavy atom. The topological polar surface area (TPSA) is 107 Å². The second-order valence-electron chi connectivity index (χ2n) is 12.1. The molecule has 0 spiro atoms. The van der Waals surface area contributed by atoms with Crippen LogP contribution < -0.4 is 10.1 Å². The number of benzene rings is 3. The van der Waals surface area contributed by atoms with E-state index in [2.05, 4.69) is 48.6 Å². The third kappa shape index (κ3) is 9.09. The van der Waals surface area contributed by atoms with Gasteiger partial charge in [0.25, 0.3) is 0 Å². The molecule has 3 unspecified atom stereocenters. The van der Waals surface area contributed by atoms with Crippen molar-refractivity contribution in [2.75, 3.05) is 45.3 Å². The molecule has 5 rings (SSSR count). The Bertz CT molecular complexity index is 1440. The van der Waals surface area contributed by atoms with E-state index in [1.165, 1.54) is 16.0 Å². The van der Waals surface area contributed by atoms with Crippen LogP contribution in [-0.4, -0.2) is 68.1 Å². The number of amides is 2. The first kappa shape index (κ1) is 33.4. The molecule has 46 heavy (non-hydrogen) atoms. The molecule has 0 radical (unpaired) electrons. The summed E-state index contributed by atoms with van der Waals surface area (Å²) in [6, 6.07) is 22.5. The van der Waals surface area contributed by atoms with Crippen LogP contribution in [0.15, 0.2) is 66.7 Å². The highest BCUT2D eigenvalue weighted by molar-refractivity contribution is 5.94. The predicted octanol–water partition coefficient (Wildman–Crippen LogP) is 6.89. The first-order chi connectivity index (χ1) is 22.4. The van der Waals surface area contributed by atoms with Crippen LogP contribution in [0.25, 0.3) is 0 Å². The zero-order valence-electron chi connectivity index (χ0n) is 26.9. The summed E-state index contributed by atoms with van der Waals surface area (Å²) in [6.07, 6.45) is 2.57. The summed E-state index contributed by atoms with van der Waals surface area (Å²) in [5, 5.41) is 12.8. The van der Waals surface area contributed by atoms with Gasteiger partial charge in [-0.05, 0) is 78.6 Å². The minimum absolute atomic E-state index is 0.0155. The molecular formula is C37H46N2O7. The van der Waals surface area contributed by atoms with Crippen LogP contribution >= 0.6 is 0 Å². The maximum atomic E-state index is 12.1. The fourth-order valence-corrected chi connectivity index (χ4v) is 6.25. The smallest absolute Gasteiger partial charge is 0.407 e. The summed E-state index contributed by atoms with van der Waals surface area (Å²) in [5.74, 6) is 0.822. The van der Waals surface area contributed by atoms with Crippen molar-refractivity contribution in [3.63, 3.8) is 0 Å². The van der Waals surface area contributed by atoms with Gasteiger partial charge in [-0.2, -0.15) is 0 Å². The molecule has 0 saturated carbocycles. The average Bonchev–Trinajstić information content (AvgIpc) is 3.06. The second-order valence-corrected chi connectivity index (χ2v) is 12.1. The molecule has 1 fully saturated rings. The lowest BCUT2D eigenvalue weighted by molar-refractivity contribution is -0.116. The Balaban J connectivity index is 1.22. The molecule has 9 nitrogen and oxygen atoms in total. The van der Waals surface area contributed by atoms with Gasteiger partial charge >= 0.3 is 6.09 Å². The number of carbonyl (C=O) groups excluding carboxylic acids is 1. The first-order valence-corrected chi connectivity index (χ1v) is 16.3. The highest BCUT2D eigenvalue weighted by Crippen LogP contribution is 2.37. The number of fused-ring (bicyclic) bond motifs is 1. The van der Waals surface area contributed by atoms with Gasteiger partial charge in [0.2, 0.25) is 5.91 Å². The predicted molar refractivity (Wildman–Crippen MR) is 176 cm³/mol. The van der Waals surface area contributed by atoms with Gasteiger partial charge in [-0.1, -0.05) is 48.5 Å². The fraction of sp³-hybridized carbons (Fsp3) is 0.459. The molecule has 3 aromatic carbocycles. The summed E-state index contributed by atoms with van der Waals surface area (Å²) >= 11 is 0. The van der Waals surface area contributed by atoms with Crippen LogP contribution in [0.2, 0.25) is 0 Å². The number of nitrogens with one attached hydrogen (secondary N) is 1. The van der Waals surface area contributed by atoms with Crippen molar-refractivity contribution in [2.45, 2.75) is 70.2 Å². The van der Waals surface area contributed by atoms with Crippen LogP contribution in [0.4, 0.5) is 10.5 Å². The van der Waals surface area contributed by atoms with Crippen LogP contribution in [0.5, 0.6) is 5.75 Å². The number of hydrogen-bond acceptors (Lipinski definition) is 6. The number of nitrogens with zero attached hydrogens (tertiary/aromatic N) is 1. The Morgan fingerprint density at radius 3 is 2.63 bits per heavy atom. The van der Waals surface area contributed by atoms with Crippen LogP contribution in [0, 0.1) is 6.92 Å². The Kier molecular flexibility index (Phi) is 12.1. The molecule has 2 aliphatic heterocycles. The van der Waals surface area contributed by atoms with Crippen molar-refractivity contribution in [1.82, 2.24) is 4.90 Å². The van der Waals surface area contributed by atoms with Gasteiger partial charge in [0.15, 0.2) is 0 Å². The largest absolute Gasteiger partial charge is 0.494 e. The lowest BCUT2D eigenvalue weighted by atomic mass is 9.86. The highest BCUT2D eigenvalue weighted by Gasteiger charge is 2.35. The monoisotopic (exact) mass is 630 g/mol. The van der Waals surface area contributed by atoms with E-state index in [-0.39, 0.29) is 30.6 Å². The molecular weight excluding hydrogens is 584 g/mol. The lowest BCUT2D eigenvalue weighted by Gasteiger charge is -2.39. The standard InChI is InChI=1S/C37H46N2O7/c1-26-7-3-4-8-30(26)25-44-21-6-22-45-31-15-12-27(13-16-31)32-18-19-39(37(41)42)24-35(32)46-34(9-5-20-43-2)29-11-10-28-14-17-36(40)38-33(28)23-29/h3-4,7-8,10-13,15-16,23,32,34-35H,5-6,9,14,17-22,24-25H2,1-2H3,(H,38,40)(H,41,42). The molecule has 2 amide bonds. The van der Waals surface area contributed by atoms with E-state index in [1.807, 2.05) is 30.3 Å². The van der Waals surface area contributed by atoms with Gasteiger partial charge in [0, 0.05) is 44.7 Å². The summed E-state index contributed by atoms with van der Waals surface area (Å²) in [7, 11) is 1.68. The number of ether oxygens (including phenoxy) is 4. The number of anilines is 1. The minimum atomic E-state index is -0.939. The number of carboxylic acid groups (broad SMARTS) is 1. The van der Waals surface area contributed by atoms with E-state index in [0.29, 0.717) is 52.2 Å². The van der Waals surface area contributed by atoms with Crippen molar-refractivity contribution in [2.24, 2.45) is 0 Å². The van der Waals surface area contributed by atoms with E-state index in [0.717, 1.165) is 47.4 Å². The Labute approximate surface area is 271 Å². The Morgan fingerprint density at radius 1 is 1.02 bits per heavy atom. The van der Waals surface area contributed by atoms with Gasteiger partial charge in [-0.15, -0.1) is 0 Å². The zero-order valence-corrected chi connectivity index (χ0v) is 26.9. The van der Waals surface area contributed by atoms with E-state index in [1.54, 1.807) is 7.11 Å². The molecule has 3 atom stereocenters. The molecule has 0 aromatic heterocycles. The number of carbonyl (C=O) groups is 2.